The molecule has 0 spiro atoms. The predicted molar refractivity (Wildman–Crippen MR) is 75.2 cm³/mol. The molecule has 1 aromatic rings. The smallest absolute Gasteiger partial charge is 0.0250 e. The Morgan fingerprint density at radius 3 is 2.41 bits per heavy atom. The maximum absolute atomic E-state index is 3.48. The third-order valence-electron chi connectivity index (χ3n) is 3.66. The Hall–Kier alpha value is -0.760. The number of rotatable bonds is 7. The first-order chi connectivity index (χ1) is 8.08. The summed E-state index contributed by atoms with van der Waals surface area (Å²) in [5.41, 5.74) is 2.86. The van der Waals surface area contributed by atoms with Crippen molar-refractivity contribution in [3.63, 3.8) is 0 Å². The van der Waals surface area contributed by atoms with Gasteiger partial charge in [0.2, 0.25) is 0 Å². The average Bonchev–Trinajstić information content (AvgIpc) is 2.64. The molecule has 0 radical (unpaired) electrons. The van der Waals surface area contributed by atoms with E-state index in [9.17, 15) is 0 Å². The summed E-state index contributed by atoms with van der Waals surface area (Å²) in [5.74, 6) is 0.812. The maximum Gasteiger partial charge on any atom is 0.0250 e. The first-order valence-electron chi connectivity index (χ1n) is 6.96. The molecule has 0 amide bonds. The van der Waals surface area contributed by atoms with E-state index in [4.69, 9.17) is 0 Å². The molecule has 2 nitrogen and oxygen atoms in total. The molecular formula is C15H28N2. The van der Waals surface area contributed by atoms with Crippen LogP contribution in [0.1, 0.15) is 51.8 Å². The Kier molecular flexibility index (Phi) is 5.76. The Labute approximate surface area is 106 Å². The van der Waals surface area contributed by atoms with Crippen molar-refractivity contribution in [2.45, 2.75) is 66.6 Å². The van der Waals surface area contributed by atoms with Crippen molar-refractivity contribution >= 4 is 0 Å². The van der Waals surface area contributed by atoms with E-state index < -0.39 is 0 Å². The molecule has 0 saturated carbocycles. The summed E-state index contributed by atoms with van der Waals surface area (Å²) in [6.07, 6.45) is 4.78. The predicted octanol–water partition coefficient (Wildman–Crippen LogP) is 3.73. The molecule has 98 valence electrons. The fourth-order valence-corrected chi connectivity index (χ4v) is 2.12. The van der Waals surface area contributed by atoms with Crippen LogP contribution >= 0.6 is 0 Å². The normalized spacial score (nSPS) is 11.7. The molecule has 2 heteroatoms. The van der Waals surface area contributed by atoms with Crippen LogP contribution in [0.5, 0.6) is 0 Å². The fraction of sp³-hybridized carbons (Fsp3) is 0.733. The van der Waals surface area contributed by atoms with Crippen LogP contribution in [0, 0.1) is 12.8 Å². The first kappa shape index (κ1) is 14.3. The minimum absolute atomic E-state index is 0.553. The summed E-state index contributed by atoms with van der Waals surface area (Å²) >= 11 is 0. The summed E-state index contributed by atoms with van der Waals surface area (Å²) < 4.78 is 2.41. The van der Waals surface area contributed by atoms with Crippen LogP contribution in [0.2, 0.25) is 0 Å². The van der Waals surface area contributed by atoms with Crippen molar-refractivity contribution in [3.8, 4) is 0 Å². The van der Waals surface area contributed by atoms with E-state index in [-0.39, 0.29) is 0 Å². The van der Waals surface area contributed by atoms with E-state index in [2.05, 4.69) is 56.8 Å². The van der Waals surface area contributed by atoms with E-state index in [1.807, 2.05) is 0 Å². The first-order valence-corrected chi connectivity index (χ1v) is 6.96. The van der Waals surface area contributed by atoms with E-state index in [1.54, 1.807) is 0 Å². The number of nitrogens with one attached hydrogen (secondary N) is 1. The lowest BCUT2D eigenvalue weighted by Crippen LogP contribution is -2.22. The summed E-state index contributed by atoms with van der Waals surface area (Å²) in [6.45, 7) is 13.3. The number of aromatic nitrogens is 1. The molecule has 0 aromatic carbocycles. The van der Waals surface area contributed by atoms with Gasteiger partial charge in [-0.15, -0.1) is 0 Å². The quantitative estimate of drug-likeness (QED) is 0.763. The molecule has 0 aliphatic heterocycles. The average molecular weight is 236 g/mol. The zero-order valence-corrected chi connectivity index (χ0v) is 12.1. The van der Waals surface area contributed by atoms with Crippen LogP contribution in [0.15, 0.2) is 12.3 Å². The van der Waals surface area contributed by atoms with Crippen LogP contribution in [-0.4, -0.2) is 10.6 Å². The molecule has 1 rings (SSSR count). The van der Waals surface area contributed by atoms with E-state index in [0.717, 1.165) is 12.5 Å². The van der Waals surface area contributed by atoms with Crippen LogP contribution < -0.4 is 5.32 Å². The lowest BCUT2D eigenvalue weighted by Gasteiger charge is -2.15. The molecule has 0 aliphatic rings. The third kappa shape index (κ3) is 4.19. The van der Waals surface area contributed by atoms with Gasteiger partial charge in [-0.05, 0) is 24.5 Å². The second-order valence-electron chi connectivity index (χ2n) is 5.30. The van der Waals surface area contributed by atoms with E-state index >= 15 is 0 Å². The Morgan fingerprint density at radius 2 is 1.88 bits per heavy atom. The van der Waals surface area contributed by atoms with Gasteiger partial charge in [0, 0.05) is 31.0 Å². The van der Waals surface area contributed by atoms with Crippen molar-refractivity contribution in [1.82, 2.24) is 9.88 Å². The fourth-order valence-electron chi connectivity index (χ4n) is 2.12. The largest absolute Gasteiger partial charge is 0.351 e. The van der Waals surface area contributed by atoms with Gasteiger partial charge >= 0.3 is 0 Å². The molecule has 17 heavy (non-hydrogen) atoms. The Morgan fingerprint density at radius 1 is 1.24 bits per heavy atom. The van der Waals surface area contributed by atoms with E-state index in [1.165, 1.54) is 30.6 Å². The Balaban J connectivity index is 2.63. The molecular weight excluding hydrogens is 208 g/mol. The zero-order valence-electron chi connectivity index (χ0n) is 12.1. The molecule has 0 bridgehead atoms. The van der Waals surface area contributed by atoms with Gasteiger partial charge in [-0.2, -0.15) is 0 Å². The number of hydrogen-bond acceptors (Lipinski definition) is 1. The van der Waals surface area contributed by atoms with Crippen LogP contribution in [-0.2, 0) is 13.1 Å². The molecule has 1 N–H and O–H groups in total. The molecule has 0 saturated heterocycles. The van der Waals surface area contributed by atoms with Gasteiger partial charge in [-0.25, -0.2) is 0 Å². The van der Waals surface area contributed by atoms with Gasteiger partial charge in [0.25, 0.3) is 0 Å². The highest BCUT2D eigenvalue weighted by atomic mass is 15.0. The summed E-state index contributed by atoms with van der Waals surface area (Å²) in [5, 5.41) is 3.48. The standard InChI is InChI=1S/C15H28N2/c1-6-14(7-2)11-17-9-8-15(13(17)5)10-16-12(3)4/h8-9,12,14,16H,6-7,10-11H2,1-5H3. The van der Waals surface area contributed by atoms with Crippen molar-refractivity contribution in [1.29, 1.82) is 0 Å². The number of nitrogens with zero attached hydrogens (tertiary/aromatic N) is 1. The Bertz CT molecular complexity index is 322. The van der Waals surface area contributed by atoms with Crippen molar-refractivity contribution in [2.75, 3.05) is 0 Å². The van der Waals surface area contributed by atoms with Gasteiger partial charge in [-0.1, -0.05) is 40.5 Å². The molecule has 0 atom stereocenters. The minimum atomic E-state index is 0.553. The van der Waals surface area contributed by atoms with Gasteiger partial charge in [0.1, 0.15) is 0 Å². The molecule has 0 fully saturated rings. The molecule has 1 heterocycles. The van der Waals surface area contributed by atoms with Crippen molar-refractivity contribution in [3.05, 3.63) is 23.5 Å². The van der Waals surface area contributed by atoms with Gasteiger partial charge in [0.15, 0.2) is 0 Å². The van der Waals surface area contributed by atoms with Gasteiger partial charge in [-0.3, -0.25) is 0 Å². The highest BCUT2D eigenvalue weighted by Crippen LogP contribution is 2.16. The molecule has 0 unspecified atom stereocenters. The SMILES string of the molecule is CCC(CC)Cn1ccc(CNC(C)C)c1C. The maximum atomic E-state index is 3.48. The highest BCUT2D eigenvalue weighted by Gasteiger charge is 2.09. The van der Waals surface area contributed by atoms with Crippen molar-refractivity contribution < 1.29 is 0 Å². The van der Waals surface area contributed by atoms with Crippen LogP contribution in [0.3, 0.4) is 0 Å². The number of hydrogen-bond donors (Lipinski definition) is 1. The van der Waals surface area contributed by atoms with Crippen LogP contribution in [0.25, 0.3) is 0 Å². The zero-order chi connectivity index (χ0) is 12.8. The summed E-state index contributed by atoms with van der Waals surface area (Å²) in [6, 6.07) is 2.81. The second-order valence-corrected chi connectivity index (χ2v) is 5.30. The molecule has 0 aliphatic carbocycles. The van der Waals surface area contributed by atoms with Crippen LogP contribution in [0.4, 0.5) is 0 Å². The summed E-state index contributed by atoms with van der Waals surface area (Å²) in [7, 11) is 0. The van der Waals surface area contributed by atoms with E-state index in [0.29, 0.717) is 6.04 Å². The lowest BCUT2D eigenvalue weighted by molar-refractivity contribution is 0.414. The second kappa shape index (κ2) is 6.85. The molecule has 1 aromatic heterocycles. The topological polar surface area (TPSA) is 17.0 Å². The van der Waals surface area contributed by atoms with Gasteiger partial charge < -0.3 is 9.88 Å². The monoisotopic (exact) mass is 236 g/mol. The third-order valence-corrected chi connectivity index (χ3v) is 3.66. The van der Waals surface area contributed by atoms with Crippen molar-refractivity contribution in [2.24, 2.45) is 5.92 Å². The lowest BCUT2D eigenvalue weighted by atomic mass is 10.0. The summed E-state index contributed by atoms with van der Waals surface area (Å²) in [4.78, 5) is 0. The highest BCUT2D eigenvalue weighted by molar-refractivity contribution is 5.21. The van der Waals surface area contributed by atoms with Gasteiger partial charge in [0.05, 0.1) is 0 Å². The minimum Gasteiger partial charge on any atom is -0.351 e.